The lowest BCUT2D eigenvalue weighted by molar-refractivity contribution is -0.120. The summed E-state index contributed by atoms with van der Waals surface area (Å²) in [7, 11) is 0. The quantitative estimate of drug-likeness (QED) is 0.733. The Bertz CT molecular complexity index is 905. The number of rotatable bonds is 5. The van der Waals surface area contributed by atoms with Gasteiger partial charge in [0.25, 0.3) is 0 Å². The van der Waals surface area contributed by atoms with E-state index in [-0.39, 0.29) is 24.3 Å². The molecule has 25 heavy (non-hydrogen) atoms. The van der Waals surface area contributed by atoms with Crippen LogP contribution in [0.15, 0.2) is 48.5 Å². The Morgan fingerprint density at radius 2 is 1.88 bits per heavy atom. The number of fused-ring (bicyclic) bond motifs is 1. The number of para-hydroxylation sites is 1. The molecule has 2 aromatic carbocycles. The number of hydrogen-bond acceptors (Lipinski definition) is 4. The molecular weight excluding hydrogens is 334 g/mol. The van der Waals surface area contributed by atoms with E-state index in [0.29, 0.717) is 5.13 Å². The highest BCUT2D eigenvalue weighted by Crippen LogP contribution is 2.28. The normalized spacial score (nSPS) is 11.9. The maximum atomic E-state index is 12.4. The van der Waals surface area contributed by atoms with Crippen molar-refractivity contribution in [3.8, 4) is 0 Å². The molecule has 2 N–H and O–H groups in total. The summed E-state index contributed by atoms with van der Waals surface area (Å²) in [6.07, 6.45) is 0.151. The number of hydrogen-bond donors (Lipinski definition) is 2. The van der Waals surface area contributed by atoms with Gasteiger partial charge in [0.1, 0.15) is 0 Å². The number of carbonyl (C=O) groups is 2. The van der Waals surface area contributed by atoms with Gasteiger partial charge in [-0.2, -0.15) is 0 Å². The number of amides is 2. The Kier molecular flexibility index (Phi) is 5.09. The van der Waals surface area contributed by atoms with Crippen molar-refractivity contribution in [3.05, 3.63) is 59.7 Å². The van der Waals surface area contributed by atoms with E-state index in [9.17, 15) is 9.59 Å². The van der Waals surface area contributed by atoms with Gasteiger partial charge in [0.15, 0.2) is 5.13 Å². The number of anilines is 1. The zero-order chi connectivity index (χ0) is 17.8. The molecule has 0 fully saturated rings. The van der Waals surface area contributed by atoms with Crippen LogP contribution in [0.3, 0.4) is 0 Å². The summed E-state index contributed by atoms with van der Waals surface area (Å²) in [6, 6.07) is 15.1. The second kappa shape index (κ2) is 7.44. The van der Waals surface area contributed by atoms with Crippen LogP contribution < -0.4 is 10.6 Å². The predicted molar refractivity (Wildman–Crippen MR) is 101 cm³/mol. The number of benzene rings is 2. The Morgan fingerprint density at radius 3 is 2.56 bits per heavy atom. The largest absolute Gasteiger partial charge is 0.349 e. The summed E-state index contributed by atoms with van der Waals surface area (Å²) in [4.78, 5) is 28.4. The standard InChI is InChI=1S/C19H19N3O2S/c1-12-7-6-10-16-18(12)22-19(25-16)21-17(24)11-15(20-13(2)23)14-8-4-3-5-9-14/h3-10,15H,11H2,1-2H3,(H,20,23)(H,21,22,24)/t15-/m1/s1. The Balaban J connectivity index is 1.74. The highest BCUT2D eigenvalue weighted by Gasteiger charge is 2.18. The number of aryl methyl sites for hydroxylation is 1. The molecule has 1 atom stereocenters. The molecule has 0 radical (unpaired) electrons. The van der Waals surface area contributed by atoms with Gasteiger partial charge in [0.05, 0.1) is 22.7 Å². The smallest absolute Gasteiger partial charge is 0.228 e. The summed E-state index contributed by atoms with van der Waals surface area (Å²) in [5.41, 5.74) is 2.88. The van der Waals surface area contributed by atoms with Gasteiger partial charge in [-0.05, 0) is 24.1 Å². The summed E-state index contributed by atoms with van der Waals surface area (Å²) in [6.45, 7) is 3.44. The molecule has 0 aliphatic rings. The first-order valence-corrected chi connectivity index (χ1v) is 8.82. The molecule has 0 saturated carbocycles. The molecule has 0 aliphatic heterocycles. The average molecular weight is 353 g/mol. The minimum Gasteiger partial charge on any atom is -0.349 e. The lowest BCUT2D eigenvalue weighted by Gasteiger charge is -2.17. The fourth-order valence-electron chi connectivity index (χ4n) is 2.68. The predicted octanol–water partition coefficient (Wildman–Crippen LogP) is 3.81. The number of thiazole rings is 1. The molecule has 5 nitrogen and oxygen atoms in total. The fraction of sp³-hybridized carbons (Fsp3) is 0.211. The van der Waals surface area contributed by atoms with Gasteiger partial charge >= 0.3 is 0 Å². The van der Waals surface area contributed by atoms with Crippen molar-refractivity contribution in [1.82, 2.24) is 10.3 Å². The van der Waals surface area contributed by atoms with Crippen LogP contribution in [0.25, 0.3) is 10.2 Å². The third-order valence-electron chi connectivity index (χ3n) is 3.84. The van der Waals surface area contributed by atoms with E-state index in [1.807, 2.05) is 55.5 Å². The van der Waals surface area contributed by atoms with Gasteiger partial charge in [-0.25, -0.2) is 4.98 Å². The second-order valence-electron chi connectivity index (χ2n) is 5.86. The monoisotopic (exact) mass is 353 g/mol. The average Bonchev–Trinajstić information content (AvgIpc) is 2.98. The molecule has 3 aromatic rings. The van der Waals surface area contributed by atoms with Gasteiger partial charge in [-0.15, -0.1) is 0 Å². The maximum absolute atomic E-state index is 12.4. The third-order valence-corrected chi connectivity index (χ3v) is 4.77. The second-order valence-corrected chi connectivity index (χ2v) is 6.89. The van der Waals surface area contributed by atoms with Gasteiger partial charge < -0.3 is 10.6 Å². The third kappa shape index (κ3) is 4.22. The van der Waals surface area contributed by atoms with E-state index in [1.165, 1.54) is 18.3 Å². The summed E-state index contributed by atoms with van der Waals surface area (Å²) in [5, 5.41) is 6.25. The highest BCUT2D eigenvalue weighted by molar-refractivity contribution is 7.22. The van der Waals surface area contributed by atoms with E-state index in [4.69, 9.17) is 0 Å². The van der Waals surface area contributed by atoms with Crippen molar-refractivity contribution in [3.63, 3.8) is 0 Å². The molecule has 0 aliphatic carbocycles. The van der Waals surface area contributed by atoms with Gasteiger partial charge in [0, 0.05) is 6.92 Å². The van der Waals surface area contributed by atoms with E-state index in [1.54, 1.807) is 0 Å². The molecule has 0 spiro atoms. The van der Waals surface area contributed by atoms with Crippen molar-refractivity contribution in [2.45, 2.75) is 26.3 Å². The first kappa shape index (κ1) is 17.1. The SMILES string of the molecule is CC(=O)N[C@H](CC(=O)Nc1nc2c(C)cccc2s1)c1ccccc1. The number of carbonyl (C=O) groups excluding carboxylic acids is 2. The van der Waals surface area contributed by atoms with E-state index in [2.05, 4.69) is 15.6 Å². The van der Waals surface area contributed by atoms with Crippen LogP contribution in [0.4, 0.5) is 5.13 Å². The molecule has 1 heterocycles. The van der Waals surface area contributed by atoms with Crippen LogP contribution in [0.1, 0.15) is 30.5 Å². The Labute approximate surface area is 150 Å². The minimum absolute atomic E-state index is 0.151. The fourth-order valence-corrected chi connectivity index (χ4v) is 3.64. The van der Waals surface area contributed by atoms with E-state index < -0.39 is 0 Å². The molecule has 2 amide bonds. The zero-order valence-corrected chi connectivity index (χ0v) is 14.9. The maximum Gasteiger partial charge on any atom is 0.228 e. The van der Waals surface area contributed by atoms with Crippen LogP contribution in [0.5, 0.6) is 0 Å². The van der Waals surface area contributed by atoms with Crippen molar-refractivity contribution in [2.75, 3.05) is 5.32 Å². The molecule has 0 bridgehead atoms. The molecular formula is C19H19N3O2S. The minimum atomic E-state index is -0.366. The molecule has 0 unspecified atom stereocenters. The van der Waals surface area contributed by atoms with Crippen molar-refractivity contribution < 1.29 is 9.59 Å². The summed E-state index contributed by atoms with van der Waals surface area (Å²) < 4.78 is 1.04. The topological polar surface area (TPSA) is 71.1 Å². The highest BCUT2D eigenvalue weighted by atomic mass is 32.1. The lowest BCUT2D eigenvalue weighted by atomic mass is 10.0. The van der Waals surface area contributed by atoms with Gasteiger partial charge in [-0.1, -0.05) is 53.8 Å². The summed E-state index contributed by atoms with van der Waals surface area (Å²) in [5.74, 6) is -0.350. The molecule has 3 rings (SSSR count). The number of nitrogens with zero attached hydrogens (tertiary/aromatic N) is 1. The number of aromatic nitrogens is 1. The number of nitrogens with one attached hydrogen (secondary N) is 2. The van der Waals surface area contributed by atoms with Crippen LogP contribution >= 0.6 is 11.3 Å². The van der Waals surface area contributed by atoms with Crippen molar-refractivity contribution >= 4 is 38.5 Å². The molecule has 128 valence electrons. The van der Waals surface area contributed by atoms with E-state index >= 15 is 0 Å². The first-order valence-electron chi connectivity index (χ1n) is 8.01. The molecule has 0 saturated heterocycles. The first-order chi connectivity index (χ1) is 12.0. The molecule has 6 heteroatoms. The van der Waals surface area contributed by atoms with Gasteiger partial charge in [0.2, 0.25) is 11.8 Å². The zero-order valence-electron chi connectivity index (χ0n) is 14.1. The van der Waals surface area contributed by atoms with Crippen LogP contribution in [0.2, 0.25) is 0 Å². The lowest BCUT2D eigenvalue weighted by Crippen LogP contribution is -2.29. The molecule has 1 aromatic heterocycles. The Morgan fingerprint density at radius 1 is 1.12 bits per heavy atom. The van der Waals surface area contributed by atoms with Crippen LogP contribution in [-0.2, 0) is 9.59 Å². The summed E-state index contributed by atoms with van der Waals surface area (Å²) >= 11 is 1.45. The van der Waals surface area contributed by atoms with Crippen LogP contribution in [0, 0.1) is 6.92 Å². The van der Waals surface area contributed by atoms with Crippen molar-refractivity contribution in [1.29, 1.82) is 0 Å². The van der Waals surface area contributed by atoms with Crippen molar-refractivity contribution in [2.24, 2.45) is 0 Å². The Hall–Kier alpha value is -2.73. The van der Waals surface area contributed by atoms with Crippen LogP contribution in [-0.4, -0.2) is 16.8 Å². The van der Waals surface area contributed by atoms with E-state index in [0.717, 1.165) is 21.3 Å². The van der Waals surface area contributed by atoms with Gasteiger partial charge in [-0.3, -0.25) is 9.59 Å².